The molecule has 0 aliphatic rings. The Bertz CT molecular complexity index is 517. The van der Waals surface area contributed by atoms with E-state index in [1.807, 2.05) is 32.0 Å². The molecule has 0 N–H and O–H groups in total. The summed E-state index contributed by atoms with van der Waals surface area (Å²) in [6.45, 7) is 4.74. The van der Waals surface area contributed by atoms with Gasteiger partial charge in [0.05, 0.1) is 5.52 Å². The summed E-state index contributed by atoms with van der Waals surface area (Å²) in [5, 5.41) is 14.3. The zero-order valence-corrected chi connectivity index (χ0v) is 8.28. The van der Waals surface area contributed by atoms with E-state index in [-0.39, 0.29) is 0 Å². The molecule has 70 valence electrons. The second-order valence-electron chi connectivity index (χ2n) is 3.30. The molecule has 3 heteroatoms. The number of rotatable bonds is 1. The highest BCUT2D eigenvalue weighted by atomic mass is 15.3. The van der Waals surface area contributed by atoms with Gasteiger partial charge in [0, 0.05) is 11.9 Å². The summed E-state index contributed by atoms with van der Waals surface area (Å²) >= 11 is 0. The molecule has 0 fully saturated rings. The molecule has 2 rings (SSSR count). The molecule has 1 heterocycles. The molecular weight excluding hydrogens is 174 g/mol. The van der Waals surface area contributed by atoms with Crippen LogP contribution in [0.15, 0.2) is 18.2 Å². The topological polar surface area (TPSA) is 41.6 Å². The van der Waals surface area contributed by atoms with Crippen molar-refractivity contribution in [3.63, 3.8) is 0 Å². The van der Waals surface area contributed by atoms with Crippen LogP contribution in [0, 0.1) is 18.3 Å². The Hall–Kier alpha value is -1.82. The van der Waals surface area contributed by atoms with Gasteiger partial charge in [0.2, 0.25) is 0 Å². The van der Waals surface area contributed by atoms with Crippen LogP contribution < -0.4 is 0 Å². The Kier molecular flexibility index (Phi) is 1.97. The number of benzene rings is 1. The molecule has 0 saturated carbocycles. The quantitative estimate of drug-likeness (QED) is 0.683. The lowest BCUT2D eigenvalue weighted by Gasteiger charge is -1.93. The minimum Gasteiger partial charge on any atom is -0.254 e. The molecule has 0 bridgehead atoms. The van der Waals surface area contributed by atoms with Gasteiger partial charge in [-0.15, -0.1) is 0 Å². The summed E-state index contributed by atoms with van der Waals surface area (Å²) < 4.78 is 1.74. The molecule has 0 amide bonds. The molecule has 0 atom stereocenters. The van der Waals surface area contributed by atoms with E-state index >= 15 is 0 Å². The van der Waals surface area contributed by atoms with Gasteiger partial charge in [-0.05, 0) is 31.5 Å². The Labute approximate surface area is 82.6 Å². The van der Waals surface area contributed by atoms with E-state index in [1.165, 1.54) is 5.56 Å². The van der Waals surface area contributed by atoms with E-state index in [9.17, 15) is 0 Å². The fourth-order valence-corrected chi connectivity index (χ4v) is 1.59. The molecule has 0 unspecified atom stereocenters. The van der Waals surface area contributed by atoms with E-state index in [4.69, 9.17) is 5.26 Å². The van der Waals surface area contributed by atoms with E-state index in [0.29, 0.717) is 5.69 Å². The number of nitriles is 1. The van der Waals surface area contributed by atoms with Crippen LogP contribution in [-0.2, 0) is 6.54 Å². The molecule has 0 aliphatic carbocycles. The maximum absolute atomic E-state index is 8.99. The zero-order chi connectivity index (χ0) is 10.1. The van der Waals surface area contributed by atoms with E-state index in [2.05, 4.69) is 11.2 Å². The molecule has 2 aromatic rings. The van der Waals surface area contributed by atoms with Crippen molar-refractivity contribution in [1.29, 1.82) is 5.26 Å². The first-order chi connectivity index (χ1) is 6.76. The Morgan fingerprint density at radius 2 is 2.29 bits per heavy atom. The van der Waals surface area contributed by atoms with Crippen LogP contribution in [0.2, 0.25) is 0 Å². The van der Waals surface area contributed by atoms with Gasteiger partial charge in [-0.1, -0.05) is 6.07 Å². The summed E-state index contributed by atoms with van der Waals surface area (Å²) in [6, 6.07) is 8.16. The molecule has 0 saturated heterocycles. The summed E-state index contributed by atoms with van der Waals surface area (Å²) in [6.07, 6.45) is 0. The standard InChI is InChI=1S/C11H11N3/c1-3-14-11(7-12)9-5-4-8(2)6-10(9)13-14/h4-6H,3H2,1-2H3. The van der Waals surface area contributed by atoms with E-state index < -0.39 is 0 Å². The van der Waals surface area contributed by atoms with Gasteiger partial charge in [-0.2, -0.15) is 10.4 Å². The van der Waals surface area contributed by atoms with Crippen LogP contribution in [-0.4, -0.2) is 9.78 Å². The first-order valence-corrected chi connectivity index (χ1v) is 4.63. The van der Waals surface area contributed by atoms with Crippen LogP contribution in [0.1, 0.15) is 18.2 Å². The van der Waals surface area contributed by atoms with Gasteiger partial charge >= 0.3 is 0 Å². The number of fused-ring (bicyclic) bond motifs is 1. The fourth-order valence-electron chi connectivity index (χ4n) is 1.59. The molecule has 1 aromatic carbocycles. The Morgan fingerprint density at radius 1 is 1.50 bits per heavy atom. The molecule has 14 heavy (non-hydrogen) atoms. The van der Waals surface area contributed by atoms with Crippen LogP contribution in [0.4, 0.5) is 0 Å². The van der Waals surface area contributed by atoms with Gasteiger partial charge in [-0.3, -0.25) is 4.68 Å². The first-order valence-electron chi connectivity index (χ1n) is 4.63. The number of hydrogen-bond donors (Lipinski definition) is 0. The van der Waals surface area contributed by atoms with Crippen molar-refractivity contribution in [1.82, 2.24) is 9.78 Å². The summed E-state index contributed by atoms with van der Waals surface area (Å²) in [4.78, 5) is 0. The van der Waals surface area contributed by atoms with Crippen molar-refractivity contribution in [2.24, 2.45) is 0 Å². The van der Waals surface area contributed by atoms with Gasteiger partial charge in [-0.25, -0.2) is 0 Å². The van der Waals surface area contributed by atoms with Gasteiger partial charge in [0.15, 0.2) is 0 Å². The maximum atomic E-state index is 8.99. The average Bonchev–Trinajstić information content (AvgIpc) is 2.54. The zero-order valence-electron chi connectivity index (χ0n) is 8.28. The van der Waals surface area contributed by atoms with Crippen molar-refractivity contribution >= 4 is 10.9 Å². The van der Waals surface area contributed by atoms with Gasteiger partial charge in [0.1, 0.15) is 11.8 Å². The number of aromatic nitrogens is 2. The second kappa shape index (κ2) is 3.15. The van der Waals surface area contributed by atoms with Crippen LogP contribution >= 0.6 is 0 Å². The fraction of sp³-hybridized carbons (Fsp3) is 0.273. The van der Waals surface area contributed by atoms with Crippen molar-refractivity contribution < 1.29 is 0 Å². The minimum absolute atomic E-state index is 0.655. The Balaban J connectivity index is 2.81. The summed E-state index contributed by atoms with van der Waals surface area (Å²) in [5.41, 5.74) is 2.73. The summed E-state index contributed by atoms with van der Waals surface area (Å²) in [7, 11) is 0. The predicted molar refractivity (Wildman–Crippen MR) is 54.9 cm³/mol. The normalized spacial score (nSPS) is 10.4. The van der Waals surface area contributed by atoms with E-state index in [0.717, 1.165) is 17.4 Å². The van der Waals surface area contributed by atoms with Crippen molar-refractivity contribution in [2.45, 2.75) is 20.4 Å². The predicted octanol–water partition coefficient (Wildman–Crippen LogP) is 2.24. The third kappa shape index (κ3) is 1.16. The van der Waals surface area contributed by atoms with Crippen LogP contribution in [0.3, 0.4) is 0 Å². The monoisotopic (exact) mass is 185 g/mol. The SMILES string of the molecule is CCn1nc2cc(C)ccc2c1C#N. The third-order valence-electron chi connectivity index (χ3n) is 2.30. The molecular formula is C11H11N3. The number of aryl methyl sites for hydroxylation is 2. The molecule has 3 nitrogen and oxygen atoms in total. The highest BCUT2D eigenvalue weighted by Crippen LogP contribution is 2.18. The maximum Gasteiger partial charge on any atom is 0.146 e. The second-order valence-corrected chi connectivity index (χ2v) is 3.30. The number of hydrogen-bond acceptors (Lipinski definition) is 2. The molecule has 0 radical (unpaired) electrons. The Morgan fingerprint density at radius 3 is 2.93 bits per heavy atom. The van der Waals surface area contributed by atoms with Gasteiger partial charge < -0.3 is 0 Å². The van der Waals surface area contributed by atoms with Gasteiger partial charge in [0.25, 0.3) is 0 Å². The minimum atomic E-state index is 0.655. The third-order valence-corrected chi connectivity index (χ3v) is 2.30. The van der Waals surface area contributed by atoms with E-state index in [1.54, 1.807) is 4.68 Å². The largest absolute Gasteiger partial charge is 0.254 e. The van der Waals surface area contributed by atoms with Crippen molar-refractivity contribution in [3.8, 4) is 6.07 Å². The lowest BCUT2D eigenvalue weighted by Crippen LogP contribution is -1.98. The molecule has 1 aromatic heterocycles. The average molecular weight is 185 g/mol. The van der Waals surface area contributed by atoms with Crippen molar-refractivity contribution in [2.75, 3.05) is 0 Å². The smallest absolute Gasteiger partial charge is 0.146 e. The highest BCUT2D eigenvalue weighted by molar-refractivity contribution is 5.84. The molecule has 0 aliphatic heterocycles. The number of nitrogens with zero attached hydrogens (tertiary/aromatic N) is 3. The molecule has 0 spiro atoms. The highest BCUT2D eigenvalue weighted by Gasteiger charge is 2.08. The van der Waals surface area contributed by atoms with Crippen molar-refractivity contribution in [3.05, 3.63) is 29.5 Å². The lowest BCUT2D eigenvalue weighted by atomic mass is 10.1. The van der Waals surface area contributed by atoms with Crippen LogP contribution in [0.5, 0.6) is 0 Å². The lowest BCUT2D eigenvalue weighted by molar-refractivity contribution is 0.659. The van der Waals surface area contributed by atoms with Crippen LogP contribution in [0.25, 0.3) is 10.9 Å². The first kappa shape index (κ1) is 8.76. The summed E-state index contributed by atoms with van der Waals surface area (Å²) in [5.74, 6) is 0.